The van der Waals surface area contributed by atoms with Crippen LogP contribution in [0.5, 0.6) is 0 Å². The van der Waals surface area contributed by atoms with Crippen LogP contribution in [0.1, 0.15) is 34.7 Å². The van der Waals surface area contributed by atoms with Crippen molar-refractivity contribution in [2.75, 3.05) is 0 Å². The Morgan fingerprint density at radius 1 is 1.69 bits per heavy atom. The number of carboxylic acid groups (broad SMARTS) is 1. The van der Waals surface area contributed by atoms with Gasteiger partial charge >= 0.3 is 5.97 Å². The summed E-state index contributed by atoms with van der Waals surface area (Å²) in [5.74, 6) is -1.11. The van der Waals surface area contributed by atoms with Gasteiger partial charge in [-0.05, 0) is 13.8 Å². The summed E-state index contributed by atoms with van der Waals surface area (Å²) in [4.78, 5) is 20.7. The molecule has 0 aliphatic carbocycles. The molecule has 6 nitrogen and oxygen atoms in total. The Bertz CT molecular complexity index is 345. The molecule has 1 aromatic rings. The van der Waals surface area contributed by atoms with Crippen molar-refractivity contribution in [3.63, 3.8) is 0 Å². The fourth-order valence-corrected chi connectivity index (χ4v) is 1.08. The van der Waals surface area contributed by atoms with E-state index in [0.717, 1.165) is 0 Å². The number of carbonyl (C=O) groups is 1. The highest BCUT2D eigenvalue weighted by molar-refractivity contribution is 5.87. The number of H-pyrrole nitrogens is 1. The lowest BCUT2D eigenvalue weighted by atomic mass is 10.1. The number of nitrogens with zero attached hydrogens (tertiary/aromatic N) is 2. The third-order valence-electron chi connectivity index (χ3n) is 1.83. The maximum Gasteiger partial charge on any atom is 0.356 e. The topological polar surface area (TPSA) is 95.4 Å². The van der Waals surface area contributed by atoms with Gasteiger partial charge in [0.15, 0.2) is 5.69 Å². The summed E-state index contributed by atoms with van der Waals surface area (Å²) in [7, 11) is 0. The number of carboxylic acids is 1. The molecule has 0 aliphatic heterocycles. The molecule has 0 aliphatic rings. The predicted octanol–water partition coefficient (Wildman–Crippen LogP) is 1.24. The van der Waals surface area contributed by atoms with E-state index < -0.39 is 12.0 Å². The van der Waals surface area contributed by atoms with Gasteiger partial charge in [0, 0.05) is 5.56 Å². The molecule has 1 unspecified atom stereocenters. The Morgan fingerprint density at radius 2 is 2.31 bits per heavy atom. The number of hydrogen-bond donors (Lipinski definition) is 2. The standard InChI is InChI=1S/C7H9N3O3/c1-3-5(4(2)10-13)8-9-6(3)7(11)12/h4H,1-2H3,(H,8,9)(H,11,12). The number of nitrogens with one attached hydrogen (secondary N) is 1. The lowest BCUT2D eigenvalue weighted by Crippen LogP contribution is -1.99. The number of rotatable bonds is 3. The maximum atomic E-state index is 10.6. The van der Waals surface area contributed by atoms with E-state index in [1.165, 1.54) is 0 Å². The van der Waals surface area contributed by atoms with Crippen LogP contribution < -0.4 is 0 Å². The number of aromatic nitrogens is 2. The quantitative estimate of drug-likeness (QED) is 0.689. The van der Waals surface area contributed by atoms with Crippen molar-refractivity contribution in [1.29, 1.82) is 0 Å². The summed E-state index contributed by atoms with van der Waals surface area (Å²) in [6.45, 7) is 3.16. The van der Waals surface area contributed by atoms with Crippen LogP contribution in [0, 0.1) is 11.8 Å². The van der Waals surface area contributed by atoms with Crippen molar-refractivity contribution < 1.29 is 9.90 Å². The molecule has 6 heteroatoms. The zero-order valence-electron chi connectivity index (χ0n) is 7.24. The van der Waals surface area contributed by atoms with Crippen LogP contribution in [0.4, 0.5) is 0 Å². The second-order valence-corrected chi connectivity index (χ2v) is 2.70. The van der Waals surface area contributed by atoms with Gasteiger partial charge in [-0.3, -0.25) is 5.10 Å². The molecule has 13 heavy (non-hydrogen) atoms. The largest absolute Gasteiger partial charge is 0.476 e. The van der Waals surface area contributed by atoms with Crippen molar-refractivity contribution >= 4 is 5.97 Å². The third-order valence-corrected chi connectivity index (χ3v) is 1.83. The van der Waals surface area contributed by atoms with Crippen molar-refractivity contribution in [2.45, 2.75) is 19.9 Å². The molecule has 1 rings (SSSR count). The molecule has 0 amide bonds. The zero-order chi connectivity index (χ0) is 10.0. The molecular weight excluding hydrogens is 174 g/mol. The van der Waals surface area contributed by atoms with Crippen LogP contribution in [0.2, 0.25) is 0 Å². The smallest absolute Gasteiger partial charge is 0.356 e. The van der Waals surface area contributed by atoms with Crippen LogP contribution in [0.3, 0.4) is 0 Å². The van der Waals surface area contributed by atoms with E-state index in [0.29, 0.717) is 11.3 Å². The Balaban J connectivity index is 3.13. The Hall–Kier alpha value is -1.72. The summed E-state index contributed by atoms with van der Waals surface area (Å²) in [6, 6.07) is -0.597. The summed E-state index contributed by atoms with van der Waals surface area (Å²) < 4.78 is 0. The second-order valence-electron chi connectivity index (χ2n) is 2.70. The molecule has 1 atom stereocenters. The maximum absolute atomic E-state index is 10.6. The summed E-state index contributed by atoms with van der Waals surface area (Å²) in [5, 5.41) is 17.5. The van der Waals surface area contributed by atoms with E-state index >= 15 is 0 Å². The molecule has 1 aromatic heterocycles. The molecular formula is C7H9N3O3. The Labute approximate surface area is 73.9 Å². The number of hydrogen-bond acceptors (Lipinski definition) is 4. The fraction of sp³-hybridized carbons (Fsp3) is 0.429. The third kappa shape index (κ3) is 1.56. The van der Waals surface area contributed by atoms with Crippen LogP contribution in [0.25, 0.3) is 0 Å². The van der Waals surface area contributed by atoms with E-state index in [4.69, 9.17) is 5.11 Å². The summed E-state index contributed by atoms with van der Waals surface area (Å²) >= 11 is 0. The Morgan fingerprint density at radius 3 is 2.69 bits per heavy atom. The van der Waals surface area contributed by atoms with E-state index in [1.807, 2.05) is 0 Å². The van der Waals surface area contributed by atoms with Gasteiger partial charge in [0.2, 0.25) is 0 Å². The van der Waals surface area contributed by atoms with E-state index in [9.17, 15) is 9.70 Å². The zero-order valence-corrected chi connectivity index (χ0v) is 7.24. The van der Waals surface area contributed by atoms with Gasteiger partial charge in [-0.2, -0.15) is 10.0 Å². The molecule has 0 fully saturated rings. The van der Waals surface area contributed by atoms with Crippen molar-refractivity contribution in [2.24, 2.45) is 5.18 Å². The lowest BCUT2D eigenvalue weighted by molar-refractivity contribution is 0.0689. The minimum Gasteiger partial charge on any atom is -0.476 e. The molecule has 0 spiro atoms. The highest BCUT2D eigenvalue weighted by Gasteiger charge is 2.18. The average molecular weight is 183 g/mol. The number of aromatic carboxylic acids is 1. The van der Waals surface area contributed by atoms with E-state index in [2.05, 4.69) is 15.4 Å². The normalized spacial score (nSPS) is 12.5. The monoisotopic (exact) mass is 183 g/mol. The van der Waals surface area contributed by atoms with E-state index in [1.54, 1.807) is 13.8 Å². The average Bonchev–Trinajstić information content (AvgIpc) is 2.46. The van der Waals surface area contributed by atoms with Gasteiger partial charge in [0.1, 0.15) is 6.04 Å². The molecule has 0 bridgehead atoms. The molecule has 0 saturated heterocycles. The van der Waals surface area contributed by atoms with Gasteiger partial charge in [0.25, 0.3) is 0 Å². The second kappa shape index (κ2) is 3.34. The van der Waals surface area contributed by atoms with Crippen LogP contribution >= 0.6 is 0 Å². The van der Waals surface area contributed by atoms with E-state index in [-0.39, 0.29) is 5.69 Å². The van der Waals surface area contributed by atoms with Gasteiger partial charge in [-0.25, -0.2) is 4.79 Å². The van der Waals surface area contributed by atoms with Crippen LogP contribution in [0.15, 0.2) is 5.18 Å². The van der Waals surface area contributed by atoms with Gasteiger partial charge in [-0.15, -0.1) is 0 Å². The predicted molar refractivity (Wildman–Crippen MR) is 44.5 cm³/mol. The van der Waals surface area contributed by atoms with Crippen molar-refractivity contribution in [1.82, 2.24) is 10.2 Å². The first-order valence-corrected chi connectivity index (χ1v) is 3.68. The highest BCUT2D eigenvalue weighted by Crippen LogP contribution is 2.19. The molecule has 1 heterocycles. The first-order valence-electron chi connectivity index (χ1n) is 3.68. The SMILES string of the molecule is Cc1c(C(=O)O)n[nH]c1C(C)N=O. The van der Waals surface area contributed by atoms with Gasteiger partial charge < -0.3 is 5.11 Å². The van der Waals surface area contributed by atoms with Gasteiger partial charge in [0.05, 0.1) is 5.69 Å². The Kier molecular flexibility index (Phi) is 2.41. The molecule has 0 aromatic carbocycles. The molecule has 0 saturated carbocycles. The van der Waals surface area contributed by atoms with Crippen molar-refractivity contribution in [3.05, 3.63) is 21.9 Å². The molecule has 0 radical (unpaired) electrons. The van der Waals surface area contributed by atoms with Gasteiger partial charge in [-0.1, -0.05) is 5.18 Å². The van der Waals surface area contributed by atoms with Crippen molar-refractivity contribution in [3.8, 4) is 0 Å². The minimum absolute atomic E-state index is 0.0644. The first kappa shape index (κ1) is 9.37. The molecule has 2 N–H and O–H groups in total. The lowest BCUT2D eigenvalue weighted by Gasteiger charge is -1.98. The van der Waals surface area contributed by atoms with Crippen LogP contribution in [-0.4, -0.2) is 21.3 Å². The highest BCUT2D eigenvalue weighted by atomic mass is 16.4. The minimum atomic E-state index is -1.11. The van der Waals surface area contributed by atoms with Crippen LogP contribution in [-0.2, 0) is 0 Å². The summed E-state index contributed by atoms with van der Waals surface area (Å²) in [6.07, 6.45) is 0. The number of aromatic amines is 1. The molecule has 70 valence electrons. The first-order chi connectivity index (χ1) is 6.07. The fourth-order valence-electron chi connectivity index (χ4n) is 1.08. The summed E-state index contributed by atoms with van der Waals surface area (Å²) in [5.41, 5.74) is 0.845. The number of nitroso groups, excluding NO2 is 1.